The minimum Gasteiger partial charge on any atom is -0.338 e. The Balaban J connectivity index is 1.09. The maximum atomic E-state index is 13.8. The van der Waals surface area contributed by atoms with Gasteiger partial charge in [0.15, 0.2) is 0 Å². The SMILES string of the molecule is Cc1cc(C(=O)N2Cc3cnn(C)c3Nc3cc(Cl)ccc32)ccc1CNC(=O)N1CCN(CC2CCCC2)CC1. The van der Waals surface area contributed by atoms with Crippen LogP contribution in [0.3, 0.4) is 0 Å². The number of benzene rings is 2. The van der Waals surface area contributed by atoms with Gasteiger partial charge >= 0.3 is 6.03 Å². The Labute approximate surface area is 246 Å². The summed E-state index contributed by atoms with van der Waals surface area (Å²) in [4.78, 5) is 32.9. The van der Waals surface area contributed by atoms with Crippen LogP contribution in [-0.2, 0) is 20.1 Å². The third-order valence-electron chi connectivity index (χ3n) is 8.76. The maximum absolute atomic E-state index is 13.8. The van der Waals surface area contributed by atoms with Crippen molar-refractivity contribution in [2.45, 2.75) is 45.7 Å². The first-order chi connectivity index (χ1) is 19.9. The second-order valence-electron chi connectivity index (χ2n) is 11.6. The zero-order valence-corrected chi connectivity index (χ0v) is 24.6. The monoisotopic (exact) mass is 575 g/mol. The smallest absolute Gasteiger partial charge is 0.317 e. The van der Waals surface area contributed by atoms with E-state index in [0.717, 1.165) is 66.0 Å². The van der Waals surface area contributed by atoms with Gasteiger partial charge in [-0.05, 0) is 67.1 Å². The highest BCUT2D eigenvalue weighted by atomic mass is 35.5. The summed E-state index contributed by atoms with van der Waals surface area (Å²) >= 11 is 6.29. The first kappa shape index (κ1) is 27.6. The summed E-state index contributed by atoms with van der Waals surface area (Å²) in [6, 6.07) is 11.2. The molecule has 0 bridgehead atoms. The summed E-state index contributed by atoms with van der Waals surface area (Å²) in [6.07, 6.45) is 7.23. The summed E-state index contributed by atoms with van der Waals surface area (Å²) in [7, 11) is 1.87. The standard InChI is InChI=1S/C31H38ClN7O2/c1-21-15-23(30(40)39-20-25-18-34-36(2)29(25)35-27-16-26(32)9-10-28(27)39)7-8-24(21)17-33-31(41)38-13-11-37(12-14-38)19-22-5-3-4-6-22/h7-10,15-16,18,22,35H,3-6,11-14,17,19-20H2,1-2H3,(H,33,41). The molecule has 1 aromatic heterocycles. The number of halogens is 1. The Bertz CT molecular complexity index is 1440. The number of carbonyl (C=O) groups is 2. The number of nitrogens with one attached hydrogen (secondary N) is 2. The summed E-state index contributed by atoms with van der Waals surface area (Å²) in [6.45, 7) is 7.39. The number of nitrogens with zero attached hydrogens (tertiary/aromatic N) is 5. The van der Waals surface area contributed by atoms with Gasteiger partial charge in [0.2, 0.25) is 0 Å². The van der Waals surface area contributed by atoms with Crippen LogP contribution in [0, 0.1) is 12.8 Å². The van der Waals surface area contributed by atoms with Crippen LogP contribution < -0.4 is 15.5 Å². The van der Waals surface area contributed by atoms with Crippen molar-refractivity contribution in [2.24, 2.45) is 13.0 Å². The number of anilines is 3. The number of piperazine rings is 1. The fourth-order valence-electron chi connectivity index (χ4n) is 6.33. The molecule has 1 saturated heterocycles. The summed E-state index contributed by atoms with van der Waals surface area (Å²) < 4.78 is 1.76. The number of hydrogen-bond acceptors (Lipinski definition) is 5. The highest BCUT2D eigenvalue weighted by Crippen LogP contribution is 2.38. The topological polar surface area (TPSA) is 85.7 Å². The largest absolute Gasteiger partial charge is 0.338 e. The molecule has 3 aliphatic rings. The number of carbonyl (C=O) groups excluding carboxylic acids is 2. The Morgan fingerprint density at radius 1 is 1.07 bits per heavy atom. The molecular formula is C31H38ClN7O2. The molecule has 1 saturated carbocycles. The van der Waals surface area contributed by atoms with E-state index < -0.39 is 0 Å². The molecule has 0 radical (unpaired) electrons. The van der Waals surface area contributed by atoms with Crippen molar-refractivity contribution < 1.29 is 9.59 Å². The molecule has 2 aromatic carbocycles. The van der Waals surface area contributed by atoms with Crippen LogP contribution in [-0.4, -0.2) is 64.2 Å². The van der Waals surface area contributed by atoms with Gasteiger partial charge in [-0.15, -0.1) is 0 Å². The predicted molar refractivity (Wildman–Crippen MR) is 162 cm³/mol. The molecule has 2 aliphatic heterocycles. The predicted octanol–water partition coefficient (Wildman–Crippen LogP) is 5.30. The Hall–Kier alpha value is -3.56. The minimum atomic E-state index is -0.110. The van der Waals surface area contributed by atoms with Crippen LogP contribution in [0.4, 0.5) is 22.0 Å². The van der Waals surface area contributed by atoms with E-state index in [1.165, 1.54) is 32.2 Å². The lowest BCUT2D eigenvalue weighted by Gasteiger charge is -2.36. The van der Waals surface area contributed by atoms with Crippen LogP contribution in [0.2, 0.25) is 5.02 Å². The number of urea groups is 1. The third kappa shape index (κ3) is 5.92. The van der Waals surface area contributed by atoms with E-state index in [1.54, 1.807) is 21.8 Å². The lowest BCUT2D eigenvalue weighted by molar-refractivity contribution is 0.0985. The maximum Gasteiger partial charge on any atom is 0.317 e. The number of aromatic nitrogens is 2. The molecule has 10 heteroatoms. The van der Waals surface area contributed by atoms with Gasteiger partial charge in [0, 0.05) is 62.5 Å². The van der Waals surface area contributed by atoms with Gasteiger partial charge in [0.05, 0.1) is 24.1 Å². The van der Waals surface area contributed by atoms with Crippen LogP contribution in [0.5, 0.6) is 0 Å². The van der Waals surface area contributed by atoms with Crippen LogP contribution in [0.25, 0.3) is 0 Å². The van der Waals surface area contributed by atoms with E-state index in [1.807, 2.05) is 49.2 Å². The molecular weight excluding hydrogens is 538 g/mol. The molecule has 2 fully saturated rings. The van der Waals surface area contributed by atoms with Crippen molar-refractivity contribution in [1.29, 1.82) is 0 Å². The van der Waals surface area contributed by atoms with Crippen molar-refractivity contribution in [3.63, 3.8) is 0 Å². The molecule has 216 valence electrons. The molecule has 3 aromatic rings. The number of fused-ring (bicyclic) bond motifs is 2. The average molecular weight is 576 g/mol. The second-order valence-corrected chi connectivity index (χ2v) is 12.0. The number of amides is 3. The normalized spacial score (nSPS) is 17.5. The van der Waals surface area contributed by atoms with E-state index >= 15 is 0 Å². The molecule has 0 unspecified atom stereocenters. The van der Waals surface area contributed by atoms with Crippen molar-refractivity contribution in [2.75, 3.05) is 42.9 Å². The van der Waals surface area contributed by atoms with Crippen molar-refractivity contribution in [3.8, 4) is 0 Å². The van der Waals surface area contributed by atoms with Gasteiger partial charge in [0.1, 0.15) is 5.82 Å². The van der Waals surface area contributed by atoms with Gasteiger partial charge in [-0.25, -0.2) is 4.79 Å². The summed E-state index contributed by atoms with van der Waals surface area (Å²) in [5.74, 6) is 1.56. The molecule has 3 amide bonds. The molecule has 2 N–H and O–H groups in total. The van der Waals surface area contributed by atoms with Gasteiger partial charge in [-0.2, -0.15) is 5.10 Å². The highest BCUT2D eigenvalue weighted by molar-refractivity contribution is 6.31. The molecule has 41 heavy (non-hydrogen) atoms. The fourth-order valence-corrected chi connectivity index (χ4v) is 6.50. The lowest BCUT2D eigenvalue weighted by atomic mass is 10.0. The van der Waals surface area contributed by atoms with E-state index in [9.17, 15) is 9.59 Å². The molecule has 0 spiro atoms. The van der Waals surface area contributed by atoms with Gasteiger partial charge in [-0.3, -0.25) is 14.4 Å². The average Bonchev–Trinajstić information content (AvgIpc) is 3.57. The van der Waals surface area contributed by atoms with Gasteiger partial charge in [0.25, 0.3) is 5.91 Å². The lowest BCUT2D eigenvalue weighted by Crippen LogP contribution is -2.52. The number of rotatable bonds is 5. The van der Waals surface area contributed by atoms with Crippen LogP contribution >= 0.6 is 11.6 Å². The van der Waals surface area contributed by atoms with E-state index in [-0.39, 0.29) is 11.9 Å². The number of aryl methyl sites for hydroxylation is 2. The van der Waals surface area contributed by atoms with Crippen LogP contribution in [0.1, 0.15) is 52.7 Å². The first-order valence-electron chi connectivity index (χ1n) is 14.6. The van der Waals surface area contributed by atoms with Crippen molar-refractivity contribution >= 4 is 40.7 Å². The van der Waals surface area contributed by atoms with Crippen molar-refractivity contribution in [3.05, 3.63) is 69.9 Å². The van der Waals surface area contributed by atoms with Gasteiger partial charge in [-0.1, -0.05) is 30.5 Å². The minimum absolute atomic E-state index is 0.0234. The quantitative estimate of drug-likeness (QED) is 0.431. The molecule has 0 atom stereocenters. The van der Waals surface area contributed by atoms with Crippen molar-refractivity contribution in [1.82, 2.24) is 24.9 Å². The third-order valence-corrected chi connectivity index (χ3v) is 9.00. The van der Waals surface area contributed by atoms with E-state index in [4.69, 9.17) is 11.6 Å². The zero-order valence-electron chi connectivity index (χ0n) is 23.8. The Morgan fingerprint density at radius 2 is 1.85 bits per heavy atom. The van der Waals surface area contributed by atoms with E-state index in [2.05, 4.69) is 20.6 Å². The molecule has 3 heterocycles. The second kappa shape index (κ2) is 11.7. The summed E-state index contributed by atoms with van der Waals surface area (Å²) in [5.41, 5.74) is 4.97. The molecule has 6 rings (SSSR count). The first-order valence-corrected chi connectivity index (χ1v) is 15.0. The Morgan fingerprint density at radius 3 is 2.61 bits per heavy atom. The number of hydrogen-bond donors (Lipinski definition) is 2. The van der Waals surface area contributed by atoms with Gasteiger partial charge < -0.3 is 20.4 Å². The molecule has 9 nitrogen and oxygen atoms in total. The molecule has 1 aliphatic carbocycles. The zero-order chi connectivity index (χ0) is 28.5. The highest BCUT2D eigenvalue weighted by Gasteiger charge is 2.28. The van der Waals surface area contributed by atoms with Crippen LogP contribution in [0.15, 0.2) is 42.6 Å². The van der Waals surface area contributed by atoms with E-state index in [0.29, 0.717) is 23.7 Å². The Kier molecular flexibility index (Phi) is 7.90. The fraction of sp³-hybridized carbons (Fsp3) is 0.452. The summed E-state index contributed by atoms with van der Waals surface area (Å²) in [5, 5.41) is 11.4.